The Morgan fingerprint density at radius 1 is 1.12 bits per heavy atom. The minimum Gasteiger partial charge on any atom is -0.493 e. The number of benzene rings is 2. The largest absolute Gasteiger partial charge is 0.493 e. The van der Waals surface area contributed by atoms with Gasteiger partial charge in [-0.1, -0.05) is 18.2 Å². The Balaban J connectivity index is 1.51. The fraction of sp³-hybridized carbons (Fsp3) is 0.240. The highest BCUT2D eigenvalue weighted by atomic mass is 16.5. The molecule has 0 unspecified atom stereocenters. The molecule has 7 nitrogen and oxygen atoms in total. The molecule has 0 aliphatic rings. The predicted molar refractivity (Wildman–Crippen MR) is 125 cm³/mol. The number of carbonyl (C=O) groups is 1. The minimum atomic E-state index is -1.02. The topological polar surface area (TPSA) is 89.3 Å². The smallest absolute Gasteiger partial charge is 0.339 e. The van der Waals surface area contributed by atoms with Gasteiger partial charge in [0.1, 0.15) is 23.5 Å². The van der Waals surface area contributed by atoms with Crippen LogP contribution < -0.4 is 10.1 Å². The number of fused-ring (bicyclic) bond motifs is 1. The summed E-state index contributed by atoms with van der Waals surface area (Å²) >= 11 is 0. The van der Waals surface area contributed by atoms with Crippen molar-refractivity contribution in [1.82, 2.24) is 14.5 Å². The van der Waals surface area contributed by atoms with E-state index >= 15 is 0 Å². The molecule has 4 rings (SSSR count). The second-order valence-corrected chi connectivity index (χ2v) is 7.61. The maximum Gasteiger partial charge on any atom is 0.339 e. The number of nitrogens with one attached hydrogen (secondary N) is 1. The molecule has 164 valence electrons. The summed E-state index contributed by atoms with van der Waals surface area (Å²) in [4.78, 5) is 20.1. The van der Waals surface area contributed by atoms with E-state index in [1.165, 1.54) is 28.5 Å². The number of aryl methyl sites for hydroxylation is 2. The van der Waals surface area contributed by atoms with Crippen LogP contribution in [0.5, 0.6) is 5.75 Å². The Bertz CT molecular complexity index is 1280. The van der Waals surface area contributed by atoms with Gasteiger partial charge in [0.15, 0.2) is 0 Å². The Kier molecular flexibility index (Phi) is 6.07. The molecule has 0 spiro atoms. The molecule has 0 saturated heterocycles. The quantitative estimate of drug-likeness (QED) is 0.412. The molecule has 2 aromatic heterocycles. The molecule has 0 radical (unpaired) electrons. The molecular weight excluding hydrogens is 404 g/mol. The second-order valence-electron chi connectivity index (χ2n) is 7.61. The molecule has 0 bridgehead atoms. The van der Waals surface area contributed by atoms with E-state index in [1.807, 2.05) is 13.0 Å². The van der Waals surface area contributed by atoms with Crippen LogP contribution in [0.4, 0.5) is 5.82 Å². The highest BCUT2D eigenvalue weighted by molar-refractivity contribution is 5.92. The van der Waals surface area contributed by atoms with E-state index in [2.05, 4.69) is 58.0 Å². The predicted octanol–water partition coefficient (Wildman–Crippen LogP) is 4.92. The van der Waals surface area contributed by atoms with Crippen LogP contribution in [0.25, 0.3) is 22.2 Å². The molecule has 7 heteroatoms. The molecule has 0 fully saturated rings. The first kappa shape index (κ1) is 21.4. The number of aromatic nitrogens is 3. The fourth-order valence-corrected chi connectivity index (χ4v) is 3.90. The van der Waals surface area contributed by atoms with Crippen molar-refractivity contribution in [3.05, 3.63) is 71.7 Å². The molecule has 0 amide bonds. The summed E-state index contributed by atoms with van der Waals surface area (Å²) in [5, 5.41) is 14.0. The monoisotopic (exact) mass is 430 g/mol. The number of rotatable bonds is 8. The SMILES string of the molecule is CCOc1cc(-c2cc(NCCn3c(C)cc4c(C)cccc43)ncn2)ccc1C(=O)O. The van der Waals surface area contributed by atoms with Gasteiger partial charge in [-0.2, -0.15) is 0 Å². The average molecular weight is 431 g/mol. The lowest BCUT2D eigenvalue weighted by Gasteiger charge is -2.12. The van der Waals surface area contributed by atoms with Gasteiger partial charge in [-0.05, 0) is 50.6 Å². The van der Waals surface area contributed by atoms with E-state index in [0.29, 0.717) is 30.4 Å². The Morgan fingerprint density at radius 2 is 1.97 bits per heavy atom. The van der Waals surface area contributed by atoms with Crippen molar-refractivity contribution in [1.29, 1.82) is 0 Å². The third kappa shape index (κ3) is 4.27. The maximum absolute atomic E-state index is 11.4. The van der Waals surface area contributed by atoms with E-state index < -0.39 is 5.97 Å². The van der Waals surface area contributed by atoms with Crippen molar-refractivity contribution in [3.63, 3.8) is 0 Å². The van der Waals surface area contributed by atoms with Gasteiger partial charge in [-0.3, -0.25) is 0 Å². The minimum absolute atomic E-state index is 0.132. The molecule has 2 aromatic carbocycles. The summed E-state index contributed by atoms with van der Waals surface area (Å²) in [6, 6.07) is 15.4. The van der Waals surface area contributed by atoms with Gasteiger partial charge < -0.3 is 19.7 Å². The summed E-state index contributed by atoms with van der Waals surface area (Å²) in [7, 11) is 0. The maximum atomic E-state index is 11.4. The van der Waals surface area contributed by atoms with Crippen LogP contribution in [0.1, 0.15) is 28.5 Å². The number of hydrogen-bond donors (Lipinski definition) is 2. The van der Waals surface area contributed by atoms with Crippen molar-refractivity contribution in [2.24, 2.45) is 0 Å². The zero-order valence-corrected chi connectivity index (χ0v) is 18.4. The average Bonchev–Trinajstić information content (AvgIpc) is 3.11. The zero-order valence-electron chi connectivity index (χ0n) is 18.4. The lowest BCUT2D eigenvalue weighted by molar-refractivity contribution is 0.0692. The van der Waals surface area contributed by atoms with Crippen LogP contribution in [0.15, 0.2) is 54.9 Å². The number of carboxylic acid groups (broad SMARTS) is 1. The third-order valence-electron chi connectivity index (χ3n) is 5.49. The van der Waals surface area contributed by atoms with Crippen molar-refractivity contribution >= 4 is 22.7 Å². The van der Waals surface area contributed by atoms with Crippen LogP contribution in [-0.4, -0.2) is 38.8 Å². The van der Waals surface area contributed by atoms with Gasteiger partial charge in [0.2, 0.25) is 0 Å². The Labute approximate surface area is 186 Å². The number of nitrogens with zero attached hydrogens (tertiary/aromatic N) is 3. The molecule has 2 N–H and O–H groups in total. The zero-order chi connectivity index (χ0) is 22.7. The van der Waals surface area contributed by atoms with Gasteiger partial charge in [-0.25, -0.2) is 14.8 Å². The second kappa shape index (κ2) is 9.09. The number of hydrogen-bond acceptors (Lipinski definition) is 5. The Hall–Kier alpha value is -3.87. The van der Waals surface area contributed by atoms with Gasteiger partial charge >= 0.3 is 5.97 Å². The number of anilines is 1. The van der Waals surface area contributed by atoms with Gasteiger partial charge in [0, 0.05) is 41.3 Å². The molecule has 0 aliphatic carbocycles. The van der Waals surface area contributed by atoms with Crippen LogP contribution in [-0.2, 0) is 6.54 Å². The third-order valence-corrected chi connectivity index (χ3v) is 5.49. The van der Waals surface area contributed by atoms with Gasteiger partial charge in [-0.15, -0.1) is 0 Å². The van der Waals surface area contributed by atoms with Crippen LogP contribution in [0.2, 0.25) is 0 Å². The summed E-state index contributed by atoms with van der Waals surface area (Å²) in [5.74, 6) is 0.0181. The van der Waals surface area contributed by atoms with Crippen molar-refractivity contribution < 1.29 is 14.6 Å². The summed E-state index contributed by atoms with van der Waals surface area (Å²) in [6.07, 6.45) is 1.50. The van der Waals surface area contributed by atoms with Gasteiger partial charge in [0.05, 0.1) is 12.3 Å². The molecule has 0 saturated carbocycles. The summed E-state index contributed by atoms with van der Waals surface area (Å²) < 4.78 is 7.81. The Morgan fingerprint density at radius 3 is 2.75 bits per heavy atom. The molecule has 4 aromatic rings. The van der Waals surface area contributed by atoms with E-state index in [4.69, 9.17) is 4.74 Å². The molecule has 32 heavy (non-hydrogen) atoms. The van der Waals surface area contributed by atoms with Crippen molar-refractivity contribution in [2.75, 3.05) is 18.5 Å². The van der Waals surface area contributed by atoms with Crippen molar-refractivity contribution in [2.45, 2.75) is 27.3 Å². The van der Waals surface area contributed by atoms with Crippen molar-refractivity contribution in [3.8, 4) is 17.0 Å². The van der Waals surface area contributed by atoms with Crippen LogP contribution in [0, 0.1) is 13.8 Å². The van der Waals surface area contributed by atoms with E-state index in [1.54, 1.807) is 18.2 Å². The van der Waals surface area contributed by atoms with E-state index in [-0.39, 0.29) is 5.56 Å². The molecule has 0 atom stereocenters. The number of aromatic carboxylic acids is 1. The summed E-state index contributed by atoms with van der Waals surface area (Å²) in [5.41, 5.74) is 5.33. The molecule has 2 heterocycles. The standard InChI is InChI=1S/C25H26N4O3/c1-4-32-23-13-18(8-9-19(23)25(30)31)21-14-24(28-15-27-21)26-10-11-29-17(3)12-20-16(2)6-5-7-22(20)29/h5-9,12-15H,4,10-11H2,1-3H3,(H,30,31)(H,26,27,28). The first-order valence-electron chi connectivity index (χ1n) is 10.6. The highest BCUT2D eigenvalue weighted by Gasteiger charge is 2.13. The normalized spacial score (nSPS) is 11.0. The molecule has 0 aliphatic heterocycles. The lowest BCUT2D eigenvalue weighted by Crippen LogP contribution is -2.12. The molecular formula is C25H26N4O3. The van der Waals surface area contributed by atoms with E-state index in [9.17, 15) is 9.90 Å². The summed E-state index contributed by atoms with van der Waals surface area (Å²) in [6.45, 7) is 7.97. The first-order valence-corrected chi connectivity index (χ1v) is 10.6. The highest BCUT2D eigenvalue weighted by Crippen LogP contribution is 2.27. The lowest BCUT2D eigenvalue weighted by atomic mass is 10.1. The van der Waals surface area contributed by atoms with Gasteiger partial charge in [0.25, 0.3) is 0 Å². The van der Waals surface area contributed by atoms with Crippen LogP contribution in [0.3, 0.4) is 0 Å². The van der Waals surface area contributed by atoms with Crippen LogP contribution >= 0.6 is 0 Å². The number of carboxylic acids is 1. The van der Waals surface area contributed by atoms with E-state index in [0.717, 1.165) is 12.1 Å². The number of ether oxygens (including phenoxy) is 1. The first-order chi connectivity index (χ1) is 15.5. The fourth-order valence-electron chi connectivity index (χ4n) is 3.90.